The number of nitrogens with zero attached hydrogens (tertiary/aromatic N) is 3. The summed E-state index contributed by atoms with van der Waals surface area (Å²) >= 11 is 1.51. The summed E-state index contributed by atoms with van der Waals surface area (Å²) in [4.78, 5) is 23.6. The summed E-state index contributed by atoms with van der Waals surface area (Å²) in [5.41, 5.74) is 4.08. The molecule has 0 saturated heterocycles. The number of anilines is 1. The van der Waals surface area contributed by atoms with Crippen molar-refractivity contribution in [1.29, 1.82) is 0 Å². The molecule has 0 spiro atoms. The molecular weight excluding hydrogens is 382 g/mol. The molecular formula is C23H21N3O2S. The summed E-state index contributed by atoms with van der Waals surface area (Å²) in [5, 5.41) is 0.660. The van der Waals surface area contributed by atoms with E-state index in [4.69, 9.17) is 4.74 Å². The van der Waals surface area contributed by atoms with Crippen molar-refractivity contribution in [2.45, 2.75) is 20.4 Å². The zero-order chi connectivity index (χ0) is 20.2. The number of fused-ring (bicyclic) bond motifs is 1. The van der Waals surface area contributed by atoms with Gasteiger partial charge in [0.2, 0.25) is 0 Å². The van der Waals surface area contributed by atoms with Crippen molar-refractivity contribution in [2.75, 3.05) is 11.5 Å². The number of carbonyl (C=O) groups is 1. The first-order valence-corrected chi connectivity index (χ1v) is 10.2. The lowest BCUT2D eigenvalue weighted by molar-refractivity contribution is -0.120. The van der Waals surface area contributed by atoms with Gasteiger partial charge in [0.1, 0.15) is 5.75 Å². The second-order valence-electron chi connectivity index (χ2n) is 6.91. The molecule has 0 bridgehead atoms. The van der Waals surface area contributed by atoms with E-state index in [0.717, 1.165) is 21.3 Å². The van der Waals surface area contributed by atoms with Gasteiger partial charge in [-0.25, -0.2) is 4.98 Å². The van der Waals surface area contributed by atoms with Gasteiger partial charge >= 0.3 is 0 Å². The first-order valence-electron chi connectivity index (χ1n) is 9.34. The van der Waals surface area contributed by atoms with Gasteiger partial charge in [0.15, 0.2) is 11.7 Å². The van der Waals surface area contributed by atoms with Crippen molar-refractivity contribution in [3.8, 4) is 5.75 Å². The van der Waals surface area contributed by atoms with Gasteiger partial charge in [-0.05, 0) is 60.9 Å². The summed E-state index contributed by atoms with van der Waals surface area (Å²) < 4.78 is 6.81. The normalized spacial score (nSPS) is 10.8. The molecule has 4 rings (SSSR count). The van der Waals surface area contributed by atoms with Crippen LogP contribution in [0.3, 0.4) is 0 Å². The standard InChI is InChI=1S/C23H21N3O2S/c1-16-5-3-7-19(11-16)28-15-22(27)26(14-18-6-4-10-24-13-18)23-25-20-9-8-17(2)12-21(20)29-23/h3-13H,14-15H2,1-2H3. The Bertz CT molecular complexity index is 1140. The molecule has 0 fully saturated rings. The number of aryl methyl sites for hydroxylation is 2. The Morgan fingerprint density at radius 1 is 1.07 bits per heavy atom. The van der Waals surface area contributed by atoms with Crippen LogP contribution in [0.15, 0.2) is 67.0 Å². The van der Waals surface area contributed by atoms with Crippen LogP contribution in [-0.4, -0.2) is 22.5 Å². The number of benzene rings is 2. The smallest absolute Gasteiger partial charge is 0.267 e. The number of hydrogen-bond acceptors (Lipinski definition) is 5. The molecule has 0 radical (unpaired) electrons. The van der Waals surface area contributed by atoms with Crippen molar-refractivity contribution in [1.82, 2.24) is 9.97 Å². The minimum Gasteiger partial charge on any atom is -0.484 e. The van der Waals surface area contributed by atoms with E-state index in [9.17, 15) is 4.79 Å². The minimum absolute atomic E-state index is 0.0569. The van der Waals surface area contributed by atoms with Gasteiger partial charge < -0.3 is 4.74 Å². The van der Waals surface area contributed by atoms with Crippen LogP contribution in [0.2, 0.25) is 0 Å². The van der Waals surface area contributed by atoms with Gasteiger partial charge in [-0.3, -0.25) is 14.7 Å². The highest BCUT2D eigenvalue weighted by Crippen LogP contribution is 2.30. The minimum atomic E-state index is -0.147. The maximum absolute atomic E-state index is 13.1. The molecule has 146 valence electrons. The fourth-order valence-electron chi connectivity index (χ4n) is 3.00. The Hall–Kier alpha value is -3.25. The average molecular weight is 404 g/mol. The SMILES string of the molecule is Cc1cccc(OCC(=O)N(Cc2cccnc2)c2nc3ccc(C)cc3s2)c1. The molecule has 0 aliphatic heterocycles. The molecule has 0 unspecified atom stereocenters. The van der Waals surface area contributed by atoms with Gasteiger partial charge in [0, 0.05) is 12.4 Å². The predicted octanol–water partition coefficient (Wildman–Crippen LogP) is 4.92. The number of thiazole rings is 1. The topological polar surface area (TPSA) is 55.3 Å². The number of ether oxygens (including phenoxy) is 1. The molecule has 2 aromatic heterocycles. The maximum atomic E-state index is 13.1. The summed E-state index contributed by atoms with van der Waals surface area (Å²) in [5.74, 6) is 0.533. The average Bonchev–Trinajstić information content (AvgIpc) is 3.14. The highest BCUT2D eigenvalue weighted by atomic mass is 32.1. The lowest BCUT2D eigenvalue weighted by Crippen LogP contribution is -2.34. The molecule has 0 aliphatic rings. The van der Waals surface area contributed by atoms with Crippen LogP contribution in [0.25, 0.3) is 10.2 Å². The van der Waals surface area contributed by atoms with Gasteiger partial charge in [-0.15, -0.1) is 0 Å². The monoisotopic (exact) mass is 403 g/mol. The zero-order valence-electron chi connectivity index (χ0n) is 16.3. The Morgan fingerprint density at radius 2 is 1.93 bits per heavy atom. The molecule has 0 saturated carbocycles. The molecule has 2 heterocycles. The fourth-order valence-corrected chi connectivity index (χ4v) is 4.08. The van der Waals surface area contributed by atoms with Crippen molar-refractivity contribution in [3.05, 3.63) is 83.7 Å². The third-order valence-electron chi connectivity index (χ3n) is 4.48. The molecule has 0 N–H and O–H groups in total. The number of pyridine rings is 1. The third kappa shape index (κ3) is 4.60. The Kier molecular flexibility index (Phi) is 5.53. The van der Waals surface area contributed by atoms with E-state index in [1.54, 1.807) is 17.3 Å². The first-order chi connectivity index (χ1) is 14.1. The quantitative estimate of drug-likeness (QED) is 0.458. The van der Waals surface area contributed by atoms with Gasteiger partial charge in [0.05, 0.1) is 16.8 Å². The summed E-state index contributed by atoms with van der Waals surface area (Å²) in [7, 11) is 0. The van der Waals surface area contributed by atoms with E-state index in [2.05, 4.69) is 16.0 Å². The number of amides is 1. The highest BCUT2D eigenvalue weighted by Gasteiger charge is 2.21. The molecule has 2 aromatic carbocycles. The molecule has 0 aliphatic carbocycles. The summed E-state index contributed by atoms with van der Waals surface area (Å²) in [6.45, 7) is 4.38. The van der Waals surface area contributed by atoms with E-state index in [0.29, 0.717) is 17.4 Å². The van der Waals surface area contributed by atoms with Crippen LogP contribution < -0.4 is 9.64 Å². The third-order valence-corrected chi connectivity index (χ3v) is 5.52. The van der Waals surface area contributed by atoms with Crippen molar-refractivity contribution < 1.29 is 9.53 Å². The molecule has 0 atom stereocenters. The second-order valence-corrected chi connectivity index (χ2v) is 7.92. The lowest BCUT2D eigenvalue weighted by atomic mass is 10.2. The van der Waals surface area contributed by atoms with Gasteiger partial charge in [-0.2, -0.15) is 0 Å². The van der Waals surface area contributed by atoms with E-state index < -0.39 is 0 Å². The van der Waals surface area contributed by atoms with Crippen LogP contribution in [0.1, 0.15) is 16.7 Å². The van der Waals surface area contributed by atoms with E-state index in [1.165, 1.54) is 16.9 Å². The number of rotatable bonds is 6. The molecule has 4 aromatic rings. The highest BCUT2D eigenvalue weighted by molar-refractivity contribution is 7.22. The summed E-state index contributed by atoms with van der Waals surface area (Å²) in [6, 6.07) is 17.6. The maximum Gasteiger partial charge on any atom is 0.267 e. The second kappa shape index (κ2) is 8.41. The predicted molar refractivity (Wildman–Crippen MR) is 116 cm³/mol. The van der Waals surface area contributed by atoms with E-state index in [1.807, 2.05) is 62.4 Å². The van der Waals surface area contributed by atoms with Crippen LogP contribution in [0.5, 0.6) is 5.75 Å². The van der Waals surface area contributed by atoms with E-state index in [-0.39, 0.29) is 12.5 Å². The van der Waals surface area contributed by atoms with Crippen molar-refractivity contribution in [2.24, 2.45) is 0 Å². The van der Waals surface area contributed by atoms with Crippen molar-refractivity contribution in [3.63, 3.8) is 0 Å². The number of aromatic nitrogens is 2. The van der Waals surface area contributed by atoms with Crippen molar-refractivity contribution >= 4 is 32.6 Å². The van der Waals surface area contributed by atoms with Crippen LogP contribution in [-0.2, 0) is 11.3 Å². The number of hydrogen-bond donors (Lipinski definition) is 0. The van der Waals surface area contributed by atoms with E-state index >= 15 is 0 Å². The Balaban J connectivity index is 1.60. The zero-order valence-corrected chi connectivity index (χ0v) is 17.1. The Morgan fingerprint density at radius 3 is 2.72 bits per heavy atom. The van der Waals surface area contributed by atoms with Crippen LogP contribution in [0.4, 0.5) is 5.13 Å². The van der Waals surface area contributed by atoms with Gasteiger partial charge in [0.25, 0.3) is 5.91 Å². The first kappa shape index (κ1) is 19.1. The summed E-state index contributed by atoms with van der Waals surface area (Å²) in [6.07, 6.45) is 3.48. The van der Waals surface area contributed by atoms with Crippen LogP contribution in [0, 0.1) is 13.8 Å². The lowest BCUT2D eigenvalue weighted by Gasteiger charge is -2.20. The molecule has 5 nitrogen and oxygen atoms in total. The number of carbonyl (C=O) groups excluding carboxylic acids is 1. The van der Waals surface area contributed by atoms with Gasteiger partial charge in [-0.1, -0.05) is 35.6 Å². The Labute approximate surface area is 173 Å². The van der Waals surface area contributed by atoms with Crippen LogP contribution >= 0.6 is 11.3 Å². The molecule has 29 heavy (non-hydrogen) atoms. The largest absolute Gasteiger partial charge is 0.484 e. The molecule has 1 amide bonds. The fraction of sp³-hybridized carbons (Fsp3) is 0.174. The molecule has 6 heteroatoms.